The minimum Gasteiger partial charge on any atom is -0.455 e. The molecule has 100 valence electrons. The molecule has 18 heavy (non-hydrogen) atoms. The van der Waals surface area contributed by atoms with Crippen molar-refractivity contribution in [1.29, 1.82) is 0 Å². The molecule has 0 radical (unpaired) electrons. The Balaban J connectivity index is 2.14. The fourth-order valence-electron chi connectivity index (χ4n) is 1.97. The summed E-state index contributed by atoms with van der Waals surface area (Å²) in [6.07, 6.45) is 3.36. The lowest BCUT2D eigenvalue weighted by molar-refractivity contribution is 0.00602. The number of ether oxygens (including phenoxy) is 1. The van der Waals surface area contributed by atoms with Crippen LogP contribution in [0.5, 0.6) is 0 Å². The summed E-state index contributed by atoms with van der Waals surface area (Å²) in [6, 6.07) is -0.236. The fraction of sp³-hybridized carbons (Fsp3) is 0.750. The third-order valence-corrected chi connectivity index (χ3v) is 3.14. The van der Waals surface area contributed by atoms with Crippen LogP contribution in [0, 0.1) is 5.92 Å². The molecule has 1 fully saturated rings. The lowest BCUT2D eigenvalue weighted by Gasteiger charge is -2.30. The molecule has 0 amide bonds. The van der Waals surface area contributed by atoms with Crippen molar-refractivity contribution in [2.24, 2.45) is 11.7 Å². The van der Waals surface area contributed by atoms with Crippen LogP contribution in [0.3, 0.4) is 0 Å². The Bertz CT molecular complexity index is 432. The van der Waals surface area contributed by atoms with Crippen LogP contribution in [0.15, 0.2) is 0 Å². The van der Waals surface area contributed by atoms with E-state index in [1.165, 1.54) is 6.42 Å². The number of nitrogens with two attached hydrogens (primary N) is 1. The van der Waals surface area contributed by atoms with Gasteiger partial charge in [-0.3, -0.25) is 0 Å². The number of H-pyrrole nitrogens is 1. The molecule has 1 atom stereocenters. The van der Waals surface area contributed by atoms with Gasteiger partial charge in [-0.05, 0) is 39.5 Å². The zero-order valence-electron chi connectivity index (χ0n) is 11.1. The lowest BCUT2D eigenvalue weighted by Crippen LogP contribution is -2.30. The van der Waals surface area contributed by atoms with E-state index in [-0.39, 0.29) is 11.7 Å². The van der Waals surface area contributed by atoms with Gasteiger partial charge in [-0.25, -0.2) is 4.79 Å². The second kappa shape index (κ2) is 4.68. The molecule has 1 aliphatic rings. The van der Waals surface area contributed by atoms with E-state index in [1.807, 2.05) is 20.8 Å². The standard InChI is InChI=1S/C12H20N4O2/c1-12(2,3)18-11(17)10-9(14-16-15-10)8(13)7-5-4-6-7/h7-8H,4-6,13H2,1-3H3,(H,14,15,16). The number of aromatic amines is 1. The van der Waals surface area contributed by atoms with Crippen molar-refractivity contribution in [2.75, 3.05) is 0 Å². The summed E-state index contributed by atoms with van der Waals surface area (Å²) in [6.45, 7) is 5.45. The van der Waals surface area contributed by atoms with Gasteiger partial charge in [0.1, 0.15) is 11.3 Å². The van der Waals surface area contributed by atoms with E-state index in [1.54, 1.807) is 0 Å². The minimum atomic E-state index is -0.548. The Morgan fingerprint density at radius 3 is 2.61 bits per heavy atom. The Labute approximate surface area is 106 Å². The van der Waals surface area contributed by atoms with E-state index >= 15 is 0 Å². The molecule has 1 aromatic rings. The first-order valence-electron chi connectivity index (χ1n) is 6.28. The van der Waals surface area contributed by atoms with Gasteiger partial charge in [0.15, 0.2) is 5.69 Å². The monoisotopic (exact) mass is 252 g/mol. The van der Waals surface area contributed by atoms with Crippen molar-refractivity contribution in [2.45, 2.75) is 51.7 Å². The van der Waals surface area contributed by atoms with Gasteiger partial charge < -0.3 is 10.5 Å². The van der Waals surface area contributed by atoms with E-state index in [0.29, 0.717) is 11.6 Å². The number of hydrogen-bond donors (Lipinski definition) is 2. The first-order valence-corrected chi connectivity index (χ1v) is 6.28. The van der Waals surface area contributed by atoms with Gasteiger partial charge in [0, 0.05) is 0 Å². The van der Waals surface area contributed by atoms with Gasteiger partial charge in [-0.1, -0.05) is 6.42 Å². The SMILES string of the molecule is CC(C)(C)OC(=O)c1n[nH]nc1C(N)C1CCC1. The normalized spacial score (nSPS) is 18.2. The van der Waals surface area contributed by atoms with Crippen molar-refractivity contribution < 1.29 is 9.53 Å². The van der Waals surface area contributed by atoms with Crippen LogP contribution in [0.2, 0.25) is 0 Å². The molecule has 6 nitrogen and oxygen atoms in total. The van der Waals surface area contributed by atoms with Crippen molar-refractivity contribution in [3.8, 4) is 0 Å². The Morgan fingerprint density at radius 1 is 1.44 bits per heavy atom. The first-order chi connectivity index (χ1) is 8.38. The van der Waals surface area contributed by atoms with Gasteiger partial charge in [0.2, 0.25) is 0 Å². The lowest BCUT2D eigenvalue weighted by atomic mass is 9.78. The second-order valence-corrected chi connectivity index (χ2v) is 5.78. The van der Waals surface area contributed by atoms with Crippen molar-refractivity contribution >= 4 is 5.97 Å². The number of carbonyl (C=O) groups excluding carboxylic acids is 1. The molecule has 2 rings (SSSR count). The topological polar surface area (TPSA) is 93.9 Å². The van der Waals surface area contributed by atoms with Gasteiger partial charge in [-0.15, -0.1) is 5.10 Å². The highest BCUT2D eigenvalue weighted by Crippen LogP contribution is 2.36. The molecular weight excluding hydrogens is 232 g/mol. The summed E-state index contributed by atoms with van der Waals surface area (Å²) in [7, 11) is 0. The van der Waals surface area contributed by atoms with E-state index in [2.05, 4.69) is 15.4 Å². The number of carbonyl (C=O) groups is 1. The predicted octanol–water partition coefficient (Wildman–Crippen LogP) is 1.56. The van der Waals surface area contributed by atoms with E-state index in [0.717, 1.165) is 12.8 Å². The number of nitrogens with zero attached hydrogens (tertiary/aromatic N) is 2. The molecule has 1 unspecified atom stereocenters. The molecule has 1 aromatic heterocycles. The highest BCUT2D eigenvalue weighted by molar-refractivity contribution is 5.88. The number of rotatable bonds is 3. The molecule has 0 bridgehead atoms. The van der Waals surface area contributed by atoms with Crippen LogP contribution in [0.1, 0.15) is 62.3 Å². The largest absolute Gasteiger partial charge is 0.455 e. The summed E-state index contributed by atoms with van der Waals surface area (Å²) >= 11 is 0. The van der Waals surface area contributed by atoms with Crippen molar-refractivity contribution in [1.82, 2.24) is 15.4 Å². The van der Waals surface area contributed by atoms with Crippen LogP contribution in [-0.2, 0) is 4.74 Å². The van der Waals surface area contributed by atoms with Crippen LogP contribution in [-0.4, -0.2) is 27.0 Å². The summed E-state index contributed by atoms with van der Waals surface area (Å²) in [5, 5.41) is 10.3. The van der Waals surface area contributed by atoms with E-state index in [9.17, 15) is 4.79 Å². The van der Waals surface area contributed by atoms with E-state index < -0.39 is 11.6 Å². The number of nitrogens with one attached hydrogen (secondary N) is 1. The Hall–Kier alpha value is -1.43. The minimum absolute atomic E-state index is 0.212. The zero-order chi connectivity index (χ0) is 13.3. The molecule has 0 saturated heterocycles. The maximum absolute atomic E-state index is 12.0. The number of aromatic nitrogens is 3. The molecule has 0 spiro atoms. The van der Waals surface area contributed by atoms with Crippen molar-refractivity contribution in [3.63, 3.8) is 0 Å². The van der Waals surface area contributed by atoms with Crippen LogP contribution < -0.4 is 5.73 Å². The average molecular weight is 252 g/mol. The van der Waals surface area contributed by atoms with Gasteiger partial charge in [0.05, 0.1) is 6.04 Å². The van der Waals surface area contributed by atoms with Crippen LogP contribution in [0.25, 0.3) is 0 Å². The van der Waals surface area contributed by atoms with Crippen molar-refractivity contribution in [3.05, 3.63) is 11.4 Å². The molecular formula is C12H20N4O2. The summed E-state index contributed by atoms with van der Waals surface area (Å²) in [4.78, 5) is 12.0. The highest BCUT2D eigenvalue weighted by atomic mass is 16.6. The molecule has 6 heteroatoms. The summed E-state index contributed by atoms with van der Waals surface area (Å²) in [5.74, 6) is -0.0719. The van der Waals surface area contributed by atoms with Gasteiger partial charge in [0.25, 0.3) is 0 Å². The quantitative estimate of drug-likeness (QED) is 0.796. The molecule has 1 aliphatic carbocycles. The summed E-state index contributed by atoms with van der Waals surface area (Å²) < 4.78 is 5.29. The van der Waals surface area contributed by atoms with Gasteiger partial charge in [-0.2, -0.15) is 10.3 Å². The molecule has 1 saturated carbocycles. The average Bonchev–Trinajstić information content (AvgIpc) is 2.59. The first kappa shape index (κ1) is 13.0. The third-order valence-electron chi connectivity index (χ3n) is 3.14. The Kier molecular flexibility index (Phi) is 3.38. The number of hydrogen-bond acceptors (Lipinski definition) is 5. The van der Waals surface area contributed by atoms with Gasteiger partial charge >= 0.3 is 5.97 Å². The molecule has 3 N–H and O–H groups in total. The fourth-order valence-corrected chi connectivity index (χ4v) is 1.97. The highest BCUT2D eigenvalue weighted by Gasteiger charge is 2.32. The van der Waals surface area contributed by atoms with Crippen LogP contribution >= 0.6 is 0 Å². The maximum atomic E-state index is 12.0. The zero-order valence-corrected chi connectivity index (χ0v) is 11.1. The smallest absolute Gasteiger partial charge is 0.361 e. The second-order valence-electron chi connectivity index (χ2n) is 5.78. The number of esters is 1. The Morgan fingerprint density at radius 2 is 2.11 bits per heavy atom. The summed E-state index contributed by atoms with van der Waals surface area (Å²) in [5.41, 5.74) is 6.30. The molecule has 0 aliphatic heterocycles. The molecule has 1 heterocycles. The maximum Gasteiger partial charge on any atom is 0.361 e. The third kappa shape index (κ3) is 2.69. The van der Waals surface area contributed by atoms with Crippen LogP contribution in [0.4, 0.5) is 0 Å². The molecule has 0 aromatic carbocycles. The predicted molar refractivity (Wildman–Crippen MR) is 65.8 cm³/mol. The van der Waals surface area contributed by atoms with E-state index in [4.69, 9.17) is 10.5 Å².